The first-order valence-corrected chi connectivity index (χ1v) is 9.24. The Morgan fingerprint density at radius 3 is 2.38 bits per heavy atom. The smallest absolute Gasteiger partial charge is 0.280 e. The number of nitrogens with one attached hydrogen (secondary N) is 1. The van der Waals surface area contributed by atoms with Crippen LogP contribution in [0, 0.1) is 0 Å². The van der Waals surface area contributed by atoms with Crippen molar-refractivity contribution in [2.24, 2.45) is 5.10 Å². The van der Waals surface area contributed by atoms with Crippen LogP contribution in [0.5, 0.6) is 17.2 Å². The third kappa shape index (κ3) is 4.85. The minimum absolute atomic E-state index is 0.343. The van der Waals surface area contributed by atoms with Crippen LogP contribution in [0.4, 0.5) is 0 Å². The van der Waals surface area contributed by atoms with Crippen molar-refractivity contribution in [3.63, 3.8) is 0 Å². The first-order chi connectivity index (χ1) is 14.0. The highest BCUT2D eigenvalue weighted by Gasteiger charge is 2.15. The second-order valence-corrected chi connectivity index (χ2v) is 6.51. The van der Waals surface area contributed by atoms with E-state index in [1.807, 2.05) is 54.6 Å². The van der Waals surface area contributed by atoms with E-state index in [4.69, 9.17) is 14.2 Å². The van der Waals surface area contributed by atoms with Crippen LogP contribution in [0.2, 0.25) is 0 Å². The number of hydrogen-bond acceptors (Lipinski definition) is 5. The molecule has 1 atom stereocenters. The number of fused-ring (bicyclic) bond motifs is 1. The number of ether oxygens (including phenoxy) is 3. The molecule has 0 radical (unpaired) electrons. The van der Waals surface area contributed by atoms with Crippen LogP contribution in [0.3, 0.4) is 0 Å². The van der Waals surface area contributed by atoms with E-state index in [2.05, 4.69) is 10.5 Å². The molecule has 3 aromatic rings. The van der Waals surface area contributed by atoms with Crippen LogP contribution < -0.4 is 19.6 Å². The zero-order chi connectivity index (χ0) is 20.8. The van der Waals surface area contributed by atoms with E-state index in [0.717, 1.165) is 16.3 Å². The van der Waals surface area contributed by atoms with Crippen molar-refractivity contribution in [2.75, 3.05) is 14.2 Å². The number of amides is 1. The van der Waals surface area contributed by atoms with E-state index in [1.54, 1.807) is 34.1 Å². The van der Waals surface area contributed by atoms with Crippen molar-refractivity contribution in [1.29, 1.82) is 0 Å². The zero-order valence-corrected chi connectivity index (χ0v) is 16.9. The molecule has 0 aliphatic heterocycles. The molecule has 29 heavy (non-hydrogen) atoms. The van der Waals surface area contributed by atoms with Gasteiger partial charge in [0.05, 0.1) is 19.9 Å². The summed E-state index contributed by atoms with van der Waals surface area (Å²) in [6.45, 7) is 3.48. The van der Waals surface area contributed by atoms with E-state index in [9.17, 15) is 4.79 Å². The Morgan fingerprint density at radius 1 is 0.931 bits per heavy atom. The highest BCUT2D eigenvalue weighted by molar-refractivity contribution is 6.01. The Hall–Kier alpha value is -3.54. The summed E-state index contributed by atoms with van der Waals surface area (Å²) in [5, 5.41) is 6.36. The van der Waals surface area contributed by atoms with Crippen LogP contribution in [0.25, 0.3) is 10.8 Å². The third-order valence-electron chi connectivity index (χ3n) is 4.54. The van der Waals surface area contributed by atoms with Crippen LogP contribution in [-0.2, 0) is 4.79 Å². The number of hydrazone groups is 1. The fourth-order valence-electron chi connectivity index (χ4n) is 2.89. The Morgan fingerprint density at radius 2 is 1.66 bits per heavy atom. The molecule has 1 N–H and O–H groups in total. The first-order valence-electron chi connectivity index (χ1n) is 9.24. The molecule has 0 bridgehead atoms. The van der Waals surface area contributed by atoms with Crippen molar-refractivity contribution in [2.45, 2.75) is 20.0 Å². The molecule has 6 heteroatoms. The van der Waals surface area contributed by atoms with Gasteiger partial charge in [0.2, 0.25) is 0 Å². The van der Waals surface area contributed by atoms with E-state index >= 15 is 0 Å². The highest BCUT2D eigenvalue weighted by Crippen LogP contribution is 2.25. The fraction of sp³-hybridized carbons (Fsp3) is 0.217. The molecular formula is C23H24N2O4. The molecule has 150 valence electrons. The quantitative estimate of drug-likeness (QED) is 0.484. The lowest BCUT2D eigenvalue weighted by atomic mass is 10.1. The van der Waals surface area contributed by atoms with E-state index in [1.165, 1.54) is 0 Å². The molecular weight excluding hydrogens is 368 g/mol. The summed E-state index contributed by atoms with van der Waals surface area (Å²) in [4.78, 5) is 12.4. The minimum Gasteiger partial charge on any atom is -0.497 e. The molecule has 6 nitrogen and oxygen atoms in total. The fourth-order valence-corrected chi connectivity index (χ4v) is 2.89. The average molecular weight is 392 g/mol. The Balaban J connectivity index is 1.67. The molecule has 0 aliphatic carbocycles. The number of benzene rings is 3. The van der Waals surface area contributed by atoms with Gasteiger partial charge in [-0.3, -0.25) is 4.79 Å². The van der Waals surface area contributed by atoms with Gasteiger partial charge in [-0.25, -0.2) is 5.43 Å². The standard InChI is InChI=1S/C23H24N2O4/c1-15(21-12-11-19(27-3)14-22(21)28-4)24-25-23(26)16(2)29-20-10-9-17-7-5-6-8-18(17)13-20/h5-14,16H,1-4H3,(H,25,26). The Bertz CT molecular complexity index is 1050. The lowest BCUT2D eigenvalue weighted by Gasteiger charge is -2.14. The maximum atomic E-state index is 12.4. The summed E-state index contributed by atoms with van der Waals surface area (Å²) in [5.74, 6) is 1.58. The number of carbonyl (C=O) groups is 1. The van der Waals surface area contributed by atoms with E-state index in [0.29, 0.717) is 23.0 Å². The molecule has 0 aromatic heterocycles. The predicted molar refractivity (Wildman–Crippen MR) is 114 cm³/mol. The van der Waals surface area contributed by atoms with Crippen LogP contribution in [0.15, 0.2) is 65.8 Å². The molecule has 0 saturated carbocycles. The van der Waals surface area contributed by atoms with Crippen LogP contribution >= 0.6 is 0 Å². The first kappa shape index (κ1) is 20.2. The van der Waals surface area contributed by atoms with E-state index < -0.39 is 6.10 Å². The molecule has 0 aliphatic rings. The number of nitrogens with zero attached hydrogens (tertiary/aromatic N) is 1. The van der Waals surface area contributed by atoms with E-state index in [-0.39, 0.29) is 5.91 Å². The number of hydrogen-bond donors (Lipinski definition) is 1. The normalized spacial score (nSPS) is 12.3. The van der Waals surface area contributed by atoms with Crippen LogP contribution in [0.1, 0.15) is 19.4 Å². The maximum absolute atomic E-state index is 12.4. The topological polar surface area (TPSA) is 69.2 Å². The number of methoxy groups -OCH3 is 2. The van der Waals surface area contributed by atoms with Gasteiger partial charge in [-0.1, -0.05) is 30.3 Å². The predicted octanol–water partition coefficient (Wildman–Crippen LogP) is 4.16. The molecule has 0 fully saturated rings. The molecule has 3 rings (SSSR count). The van der Waals surface area contributed by atoms with Gasteiger partial charge in [-0.2, -0.15) is 5.10 Å². The molecule has 1 unspecified atom stereocenters. The largest absolute Gasteiger partial charge is 0.497 e. The third-order valence-corrected chi connectivity index (χ3v) is 4.54. The summed E-state index contributed by atoms with van der Waals surface area (Å²) in [6, 6.07) is 19.1. The van der Waals surface area contributed by atoms with Crippen molar-refractivity contribution >= 4 is 22.4 Å². The zero-order valence-electron chi connectivity index (χ0n) is 16.9. The molecule has 1 amide bonds. The van der Waals surface area contributed by atoms with Gasteiger partial charge in [0.25, 0.3) is 5.91 Å². The summed E-state index contributed by atoms with van der Waals surface area (Å²) >= 11 is 0. The second kappa shape index (κ2) is 9.10. The molecule has 0 spiro atoms. The SMILES string of the molecule is COc1ccc(C(C)=NNC(=O)C(C)Oc2ccc3ccccc3c2)c(OC)c1. The van der Waals surface area contributed by atoms with Crippen molar-refractivity contribution in [1.82, 2.24) is 5.43 Å². The summed E-state index contributed by atoms with van der Waals surface area (Å²) in [6.07, 6.45) is -0.703. The number of carbonyl (C=O) groups excluding carboxylic acids is 1. The lowest BCUT2D eigenvalue weighted by molar-refractivity contribution is -0.127. The van der Waals surface area contributed by atoms with Crippen molar-refractivity contribution < 1.29 is 19.0 Å². The van der Waals surface area contributed by atoms with Gasteiger partial charge < -0.3 is 14.2 Å². The summed E-state index contributed by atoms with van der Waals surface area (Å²) < 4.78 is 16.4. The minimum atomic E-state index is -0.703. The van der Waals surface area contributed by atoms with Gasteiger partial charge in [-0.05, 0) is 48.9 Å². The lowest BCUT2D eigenvalue weighted by Crippen LogP contribution is -2.34. The average Bonchev–Trinajstić information content (AvgIpc) is 2.76. The highest BCUT2D eigenvalue weighted by atomic mass is 16.5. The van der Waals surface area contributed by atoms with Gasteiger partial charge in [0, 0.05) is 11.6 Å². The van der Waals surface area contributed by atoms with Gasteiger partial charge in [0.1, 0.15) is 17.2 Å². The van der Waals surface area contributed by atoms with Gasteiger partial charge in [-0.15, -0.1) is 0 Å². The molecule has 0 saturated heterocycles. The maximum Gasteiger partial charge on any atom is 0.280 e. The monoisotopic (exact) mass is 392 g/mol. The second-order valence-electron chi connectivity index (χ2n) is 6.51. The summed E-state index contributed by atoms with van der Waals surface area (Å²) in [5.41, 5.74) is 3.92. The van der Waals surface area contributed by atoms with Crippen LogP contribution in [-0.4, -0.2) is 31.9 Å². The molecule has 3 aromatic carbocycles. The Kier molecular flexibility index (Phi) is 6.34. The number of rotatable bonds is 7. The molecule has 0 heterocycles. The Labute approximate surface area is 170 Å². The van der Waals surface area contributed by atoms with Crippen molar-refractivity contribution in [3.8, 4) is 17.2 Å². The van der Waals surface area contributed by atoms with Gasteiger partial charge >= 0.3 is 0 Å². The summed E-state index contributed by atoms with van der Waals surface area (Å²) in [7, 11) is 3.16. The van der Waals surface area contributed by atoms with Gasteiger partial charge in [0.15, 0.2) is 6.10 Å². The van der Waals surface area contributed by atoms with Crippen molar-refractivity contribution in [3.05, 3.63) is 66.2 Å².